The molecule has 0 radical (unpaired) electrons. The number of benzene rings is 3. The molecular weight excluding hydrogens is 371 g/mol. The molecule has 21 heavy (non-hydrogen) atoms. The van der Waals surface area contributed by atoms with Gasteiger partial charge in [-0.3, -0.25) is 0 Å². The minimum Gasteiger partial charge on any atom is -0.384 e. The molecule has 0 heterocycles. The number of aliphatic hydroxyl groups is 1. The fourth-order valence-corrected chi connectivity index (χ4v) is 3.46. The SMILES string of the molecule is OC(c1cc(Cl)cc(Cl)c1)c1ccc(Br)c2ccccc12. The van der Waals surface area contributed by atoms with Gasteiger partial charge in [0.15, 0.2) is 0 Å². The van der Waals surface area contributed by atoms with Crippen LogP contribution in [0.4, 0.5) is 0 Å². The van der Waals surface area contributed by atoms with Gasteiger partial charge in [-0.15, -0.1) is 0 Å². The maximum Gasteiger partial charge on any atom is 0.105 e. The number of fused-ring (bicyclic) bond motifs is 1. The van der Waals surface area contributed by atoms with E-state index in [9.17, 15) is 5.11 Å². The van der Waals surface area contributed by atoms with Gasteiger partial charge in [-0.05, 0) is 46.2 Å². The molecule has 3 rings (SSSR count). The van der Waals surface area contributed by atoms with Gasteiger partial charge in [0.1, 0.15) is 6.10 Å². The van der Waals surface area contributed by atoms with Crippen LogP contribution in [0.15, 0.2) is 59.1 Å². The Balaban J connectivity index is 2.18. The maximum absolute atomic E-state index is 10.7. The standard InChI is InChI=1S/C17H11BrCl2O/c18-16-6-5-15(13-3-1-2-4-14(13)16)17(21)10-7-11(19)9-12(20)8-10/h1-9,17,21H. The van der Waals surface area contributed by atoms with Crippen molar-refractivity contribution < 1.29 is 5.11 Å². The third-order valence-corrected chi connectivity index (χ3v) is 4.53. The Hall–Kier alpha value is -1.06. The molecule has 3 aromatic rings. The van der Waals surface area contributed by atoms with Crippen molar-refractivity contribution in [3.05, 3.63) is 80.2 Å². The number of rotatable bonds is 2. The molecule has 3 aromatic carbocycles. The lowest BCUT2D eigenvalue weighted by Crippen LogP contribution is -2.01. The van der Waals surface area contributed by atoms with Gasteiger partial charge in [0.25, 0.3) is 0 Å². The average Bonchev–Trinajstić information content (AvgIpc) is 2.46. The van der Waals surface area contributed by atoms with Crippen LogP contribution < -0.4 is 0 Å². The van der Waals surface area contributed by atoms with Crippen LogP contribution in [0.2, 0.25) is 10.0 Å². The summed E-state index contributed by atoms with van der Waals surface area (Å²) < 4.78 is 0.998. The Labute approximate surface area is 141 Å². The zero-order valence-corrected chi connectivity index (χ0v) is 14.0. The highest BCUT2D eigenvalue weighted by atomic mass is 79.9. The zero-order valence-electron chi connectivity index (χ0n) is 10.9. The van der Waals surface area contributed by atoms with Gasteiger partial charge in [0, 0.05) is 14.5 Å². The summed E-state index contributed by atoms with van der Waals surface area (Å²) in [5, 5.41) is 13.8. The highest BCUT2D eigenvalue weighted by molar-refractivity contribution is 9.10. The Morgan fingerprint density at radius 1 is 0.857 bits per heavy atom. The van der Waals surface area contributed by atoms with Crippen molar-refractivity contribution in [3.63, 3.8) is 0 Å². The molecule has 1 N–H and O–H groups in total. The third-order valence-electron chi connectivity index (χ3n) is 3.40. The lowest BCUT2D eigenvalue weighted by molar-refractivity contribution is 0.222. The second-order valence-corrected chi connectivity index (χ2v) is 6.51. The molecule has 0 bridgehead atoms. The van der Waals surface area contributed by atoms with Crippen molar-refractivity contribution in [2.75, 3.05) is 0 Å². The van der Waals surface area contributed by atoms with Crippen LogP contribution >= 0.6 is 39.1 Å². The molecule has 0 aromatic heterocycles. The molecule has 0 aliphatic rings. The highest BCUT2D eigenvalue weighted by Crippen LogP contribution is 2.34. The lowest BCUT2D eigenvalue weighted by Gasteiger charge is -2.15. The van der Waals surface area contributed by atoms with Crippen molar-refractivity contribution in [2.45, 2.75) is 6.10 Å². The monoisotopic (exact) mass is 380 g/mol. The Bertz CT molecular complexity index is 797. The molecule has 0 aliphatic heterocycles. The van der Waals surface area contributed by atoms with Crippen molar-refractivity contribution >= 4 is 49.9 Å². The summed E-state index contributed by atoms with van der Waals surface area (Å²) in [7, 11) is 0. The number of halogens is 3. The summed E-state index contributed by atoms with van der Waals surface area (Å²) in [5.41, 5.74) is 1.51. The smallest absolute Gasteiger partial charge is 0.105 e. The van der Waals surface area contributed by atoms with Crippen LogP contribution in [0, 0.1) is 0 Å². The summed E-state index contributed by atoms with van der Waals surface area (Å²) in [6.07, 6.45) is -0.779. The third kappa shape index (κ3) is 2.95. The van der Waals surface area contributed by atoms with Gasteiger partial charge in [-0.25, -0.2) is 0 Å². The van der Waals surface area contributed by atoms with E-state index in [0.717, 1.165) is 20.8 Å². The van der Waals surface area contributed by atoms with Crippen LogP contribution in [-0.2, 0) is 0 Å². The molecule has 0 saturated heterocycles. The zero-order chi connectivity index (χ0) is 15.0. The van der Waals surface area contributed by atoms with Gasteiger partial charge < -0.3 is 5.11 Å². The van der Waals surface area contributed by atoms with Crippen molar-refractivity contribution in [3.8, 4) is 0 Å². The molecular formula is C17H11BrCl2O. The van der Waals surface area contributed by atoms with Gasteiger partial charge in [-0.1, -0.05) is 69.5 Å². The van der Waals surface area contributed by atoms with Crippen molar-refractivity contribution in [1.82, 2.24) is 0 Å². The minimum atomic E-state index is -0.779. The number of hydrogen-bond acceptors (Lipinski definition) is 1. The molecule has 4 heteroatoms. The largest absolute Gasteiger partial charge is 0.384 e. The van der Waals surface area contributed by atoms with E-state index in [0.29, 0.717) is 15.6 Å². The second-order valence-electron chi connectivity index (χ2n) is 4.79. The predicted molar refractivity (Wildman–Crippen MR) is 92.2 cm³/mol. The summed E-state index contributed by atoms with van der Waals surface area (Å²) >= 11 is 15.6. The fourth-order valence-electron chi connectivity index (χ4n) is 2.44. The number of aliphatic hydroxyl groups excluding tert-OH is 1. The van der Waals surface area contributed by atoms with Crippen LogP contribution in [0.5, 0.6) is 0 Å². The molecule has 1 atom stereocenters. The molecule has 0 fully saturated rings. The second kappa shape index (κ2) is 5.98. The van der Waals surface area contributed by atoms with Crippen LogP contribution in [0.25, 0.3) is 10.8 Å². The van der Waals surface area contributed by atoms with Crippen molar-refractivity contribution in [2.24, 2.45) is 0 Å². The normalized spacial score (nSPS) is 12.6. The summed E-state index contributed by atoms with van der Waals surface area (Å²) in [4.78, 5) is 0. The van der Waals surface area contributed by atoms with E-state index in [4.69, 9.17) is 23.2 Å². The van der Waals surface area contributed by atoms with Gasteiger partial charge in [-0.2, -0.15) is 0 Å². The van der Waals surface area contributed by atoms with E-state index in [1.54, 1.807) is 18.2 Å². The van der Waals surface area contributed by atoms with E-state index in [-0.39, 0.29) is 0 Å². The summed E-state index contributed by atoms with van der Waals surface area (Å²) in [5.74, 6) is 0. The maximum atomic E-state index is 10.7. The summed E-state index contributed by atoms with van der Waals surface area (Å²) in [6.45, 7) is 0. The Morgan fingerprint density at radius 2 is 1.48 bits per heavy atom. The van der Waals surface area contributed by atoms with E-state index in [1.807, 2.05) is 36.4 Å². The minimum absolute atomic E-state index is 0.512. The summed E-state index contributed by atoms with van der Waals surface area (Å²) in [6, 6.07) is 16.9. The van der Waals surface area contributed by atoms with Crippen LogP contribution in [0.1, 0.15) is 17.2 Å². The fraction of sp³-hybridized carbons (Fsp3) is 0.0588. The first-order chi connectivity index (χ1) is 10.1. The first-order valence-electron chi connectivity index (χ1n) is 6.37. The van der Waals surface area contributed by atoms with E-state index in [2.05, 4.69) is 15.9 Å². The highest BCUT2D eigenvalue weighted by Gasteiger charge is 2.15. The molecule has 1 nitrogen and oxygen atoms in total. The predicted octanol–water partition coefficient (Wildman–Crippen LogP) is 5.99. The Kier molecular flexibility index (Phi) is 4.23. The molecule has 0 saturated carbocycles. The molecule has 106 valence electrons. The van der Waals surface area contributed by atoms with E-state index < -0.39 is 6.10 Å². The quantitative estimate of drug-likeness (QED) is 0.577. The molecule has 0 amide bonds. The number of hydrogen-bond donors (Lipinski definition) is 1. The molecule has 0 aliphatic carbocycles. The Morgan fingerprint density at radius 3 is 2.14 bits per heavy atom. The first kappa shape index (κ1) is 14.9. The van der Waals surface area contributed by atoms with Crippen LogP contribution in [-0.4, -0.2) is 5.11 Å². The molecule has 1 unspecified atom stereocenters. The van der Waals surface area contributed by atoms with E-state index >= 15 is 0 Å². The first-order valence-corrected chi connectivity index (χ1v) is 7.92. The van der Waals surface area contributed by atoms with E-state index in [1.165, 1.54) is 0 Å². The van der Waals surface area contributed by atoms with Crippen molar-refractivity contribution in [1.29, 1.82) is 0 Å². The van der Waals surface area contributed by atoms with Gasteiger partial charge in [0.2, 0.25) is 0 Å². The van der Waals surface area contributed by atoms with Gasteiger partial charge >= 0.3 is 0 Å². The van der Waals surface area contributed by atoms with Gasteiger partial charge in [0.05, 0.1) is 0 Å². The lowest BCUT2D eigenvalue weighted by atomic mass is 9.96. The topological polar surface area (TPSA) is 20.2 Å². The van der Waals surface area contributed by atoms with Crippen LogP contribution in [0.3, 0.4) is 0 Å². The molecule has 0 spiro atoms. The average molecular weight is 382 g/mol.